The zero-order valence-corrected chi connectivity index (χ0v) is 18.2. The average Bonchev–Trinajstić information content (AvgIpc) is 2.76. The molecule has 0 aliphatic heterocycles. The summed E-state index contributed by atoms with van der Waals surface area (Å²) in [6, 6.07) is 16.8. The summed E-state index contributed by atoms with van der Waals surface area (Å²) in [5, 5.41) is 14.1. The summed E-state index contributed by atoms with van der Waals surface area (Å²) in [5.74, 6) is -2.13. The number of hydrogen-bond donors (Lipinski definition) is 3. The lowest BCUT2D eigenvalue weighted by molar-refractivity contribution is -0.152. The molecule has 3 N–H and O–H groups in total. The predicted octanol–water partition coefficient (Wildman–Crippen LogP) is 5.64. The lowest BCUT2D eigenvalue weighted by Crippen LogP contribution is -2.37. The second-order valence-electron chi connectivity index (χ2n) is 7.96. The molecule has 2 amide bonds. The molecule has 0 aliphatic rings. The minimum absolute atomic E-state index is 0.117. The van der Waals surface area contributed by atoms with Crippen molar-refractivity contribution in [2.24, 2.45) is 0 Å². The summed E-state index contributed by atoms with van der Waals surface area (Å²) in [7, 11) is 0. The van der Waals surface area contributed by atoms with Crippen molar-refractivity contribution in [1.82, 2.24) is 0 Å². The van der Waals surface area contributed by atoms with Gasteiger partial charge < -0.3 is 20.5 Å². The summed E-state index contributed by atoms with van der Waals surface area (Å²) in [5.41, 5.74) is 1.23. The van der Waals surface area contributed by atoms with Gasteiger partial charge in [-0.05, 0) is 74.2 Å². The number of benzene rings is 3. The van der Waals surface area contributed by atoms with Gasteiger partial charge in [-0.2, -0.15) is 0 Å². The van der Waals surface area contributed by atoms with Crippen LogP contribution in [0.2, 0.25) is 0 Å². The summed E-state index contributed by atoms with van der Waals surface area (Å²) < 4.78 is 32.1. The minimum atomic E-state index is -1.30. The third-order valence-electron chi connectivity index (χ3n) is 4.90. The Hall–Kier alpha value is -3.94. The fraction of sp³-hybridized carbons (Fsp3) is 0.200. The van der Waals surface area contributed by atoms with E-state index in [1.54, 1.807) is 24.3 Å². The van der Waals surface area contributed by atoms with Gasteiger partial charge in [-0.25, -0.2) is 18.4 Å². The standard InChI is InChI=1S/C25H24F2N2O4/c1-25(2,23(30)31)33-20-12-7-17(8-13-20)4-3-16-5-10-19(11-6-16)28-24(32)29-22-14-9-18(26)15-21(22)27/h5-15H,3-4H2,1-2H3,(H,30,31)(H2,28,29,32). The first-order valence-electron chi connectivity index (χ1n) is 10.3. The van der Waals surface area contributed by atoms with Crippen LogP contribution in [-0.4, -0.2) is 22.7 Å². The number of aryl methyl sites for hydroxylation is 2. The Balaban J connectivity index is 1.50. The third kappa shape index (κ3) is 6.77. The van der Waals surface area contributed by atoms with Crippen molar-refractivity contribution in [3.8, 4) is 5.75 Å². The van der Waals surface area contributed by atoms with Gasteiger partial charge in [0.15, 0.2) is 5.60 Å². The molecule has 3 aromatic rings. The second-order valence-corrected chi connectivity index (χ2v) is 7.96. The molecule has 3 aromatic carbocycles. The van der Waals surface area contributed by atoms with E-state index in [2.05, 4.69) is 10.6 Å². The van der Waals surface area contributed by atoms with Crippen LogP contribution in [0.15, 0.2) is 66.7 Å². The van der Waals surface area contributed by atoms with E-state index in [-0.39, 0.29) is 5.69 Å². The van der Waals surface area contributed by atoms with E-state index < -0.39 is 29.2 Å². The Morgan fingerprint density at radius 2 is 1.45 bits per heavy atom. The van der Waals surface area contributed by atoms with Crippen molar-refractivity contribution >= 4 is 23.4 Å². The molecule has 0 heterocycles. The van der Waals surface area contributed by atoms with Crippen molar-refractivity contribution < 1.29 is 28.2 Å². The Morgan fingerprint density at radius 1 is 0.879 bits per heavy atom. The van der Waals surface area contributed by atoms with E-state index >= 15 is 0 Å². The largest absolute Gasteiger partial charge is 0.478 e. The van der Waals surface area contributed by atoms with Crippen LogP contribution < -0.4 is 15.4 Å². The molecule has 6 nitrogen and oxygen atoms in total. The number of hydrogen-bond acceptors (Lipinski definition) is 3. The smallest absolute Gasteiger partial charge is 0.347 e. The molecule has 0 bridgehead atoms. The summed E-state index contributed by atoms with van der Waals surface area (Å²) in [6.07, 6.45) is 1.52. The second kappa shape index (κ2) is 10.1. The van der Waals surface area contributed by atoms with Crippen molar-refractivity contribution in [3.63, 3.8) is 0 Å². The molecular weight excluding hydrogens is 430 g/mol. The molecule has 0 aliphatic carbocycles. The van der Waals surface area contributed by atoms with Crippen molar-refractivity contribution in [3.05, 3.63) is 89.5 Å². The molecule has 3 rings (SSSR count). The number of halogens is 2. The Bertz CT molecular complexity index is 1130. The van der Waals surface area contributed by atoms with E-state index in [0.717, 1.165) is 36.1 Å². The molecule has 0 spiro atoms. The first kappa shape index (κ1) is 23.7. The van der Waals surface area contributed by atoms with Gasteiger partial charge in [-0.3, -0.25) is 0 Å². The molecule has 0 saturated heterocycles. The van der Waals surface area contributed by atoms with Crippen LogP contribution >= 0.6 is 0 Å². The van der Waals surface area contributed by atoms with Crippen LogP contribution in [0, 0.1) is 11.6 Å². The lowest BCUT2D eigenvalue weighted by Gasteiger charge is -2.21. The molecule has 0 saturated carbocycles. The first-order chi connectivity index (χ1) is 15.6. The van der Waals surface area contributed by atoms with Gasteiger partial charge in [-0.15, -0.1) is 0 Å². The quantitative estimate of drug-likeness (QED) is 0.411. The highest BCUT2D eigenvalue weighted by Crippen LogP contribution is 2.21. The minimum Gasteiger partial charge on any atom is -0.478 e. The highest BCUT2D eigenvalue weighted by Gasteiger charge is 2.29. The fourth-order valence-corrected chi connectivity index (χ4v) is 2.98. The van der Waals surface area contributed by atoms with E-state index in [0.29, 0.717) is 17.5 Å². The molecule has 0 radical (unpaired) electrons. The Kier molecular flexibility index (Phi) is 7.27. The number of carbonyl (C=O) groups is 2. The maximum absolute atomic E-state index is 13.6. The highest BCUT2D eigenvalue weighted by molar-refractivity contribution is 5.99. The van der Waals surface area contributed by atoms with Crippen LogP contribution in [0.4, 0.5) is 25.0 Å². The van der Waals surface area contributed by atoms with E-state index in [1.165, 1.54) is 13.8 Å². The van der Waals surface area contributed by atoms with Crippen LogP contribution in [0.3, 0.4) is 0 Å². The predicted molar refractivity (Wildman–Crippen MR) is 122 cm³/mol. The van der Waals surface area contributed by atoms with Gasteiger partial charge in [0.05, 0.1) is 5.69 Å². The zero-order valence-electron chi connectivity index (χ0n) is 18.2. The number of anilines is 2. The number of ether oxygens (including phenoxy) is 1. The summed E-state index contributed by atoms with van der Waals surface area (Å²) in [6.45, 7) is 2.99. The number of carbonyl (C=O) groups excluding carboxylic acids is 1. The third-order valence-corrected chi connectivity index (χ3v) is 4.90. The number of carboxylic acids is 1. The van der Waals surface area contributed by atoms with Gasteiger partial charge in [0, 0.05) is 11.8 Å². The summed E-state index contributed by atoms with van der Waals surface area (Å²) >= 11 is 0. The number of aliphatic carboxylic acids is 1. The number of urea groups is 1. The molecule has 8 heteroatoms. The molecule has 172 valence electrons. The van der Waals surface area contributed by atoms with E-state index in [9.17, 15) is 18.4 Å². The number of nitrogens with one attached hydrogen (secondary N) is 2. The lowest BCUT2D eigenvalue weighted by atomic mass is 10.0. The highest BCUT2D eigenvalue weighted by atomic mass is 19.1. The average molecular weight is 454 g/mol. The van der Waals surface area contributed by atoms with Gasteiger partial charge in [-0.1, -0.05) is 24.3 Å². The zero-order chi connectivity index (χ0) is 24.0. The maximum Gasteiger partial charge on any atom is 0.347 e. The monoisotopic (exact) mass is 454 g/mol. The fourth-order valence-electron chi connectivity index (χ4n) is 2.98. The molecular formula is C25H24F2N2O4. The van der Waals surface area contributed by atoms with Gasteiger partial charge in [0.2, 0.25) is 0 Å². The van der Waals surface area contributed by atoms with Gasteiger partial charge in [0.25, 0.3) is 0 Å². The maximum atomic E-state index is 13.6. The normalized spacial score (nSPS) is 11.0. The molecule has 33 heavy (non-hydrogen) atoms. The number of amides is 2. The van der Waals surface area contributed by atoms with Crippen LogP contribution in [-0.2, 0) is 17.6 Å². The number of carboxylic acid groups (broad SMARTS) is 1. The molecule has 0 aromatic heterocycles. The van der Waals surface area contributed by atoms with Crippen LogP contribution in [0.5, 0.6) is 5.75 Å². The molecule has 0 atom stereocenters. The molecule has 0 unspecified atom stereocenters. The SMILES string of the molecule is CC(C)(Oc1ccc(CCc2ccc(NC(=O)Nc3ccc(F)cc3F)cc2)cc1)C(=O)O. The molecule has 0 fully saturated rings. The van der Waals surface area contributed by atoms with E-state index in [4.69, 9.17) is 9.84 Å². The Labute approximate surface area is 190 Å². The van der Waals surface area contributed by atoms with Gasteiger partial charge >= 0.3 is 12.0 Å². The topological polar surface area (TPSA) is 87.7 Å². The van der Waals surface area contributed by atoms with Crippen molar-refractivity contribution in [2.45, 2.75) is 32.3 Å². The number of rotatable bonds is 8. The van der Waals surface area contributed by atoms with Crippen LogP contribution in [0.25, 0.3) is 0 Å². The van der Waals surface area contributed by atoms with Crippen molar-refractivity contribution in [1.29, 1.82) is 0 Å². The van der Waals surface area contributed by atoms with E-state index in [1.807, 2.05) is 24.3 Å². The Morgan fingerprint density at radius 3 is 2.00 bits per heavy atom. The first-order valence-corrected chi connectivity index (χ1v) is 10.3. The van der Waals surface area contributed by atoms with Crippen LogP contribution in [0.1, 0.15) is 25.0 Å². The van der Waals surface area contributed by atoms with Gasteiger partial charge in [0.1, 0.15) is 17.4 Å². The van der Waals surface area contributed by atoms with Crippen molar-refractivity contribution in [2.75, 3.05) is 10.6 Å². The summed E-state index contributed by atoms with van der Waals surface area (Å²) in [4.78, 5) is 23.2.